The van der Waals surface area contributed by atoms with Crippen molar-refractivity contribution in [2.24, 2.45) is 0 Å². The van der Waals surface area contributed by atoms with Crippen LogP contribution >= 0.6 is 0 Å². The summed E-state index contributed by atoms with van der Waals surface area (Å²) in [5.74, 6) is 0.739. The third-order valence-corrected chi connectivity index (χ3v) is 5.12. The van der Waals surface area contributed by atoms with Crippen LogP contribution in [-0.4, -0.2) is 47.1 Å². The Hall–Kier alpha value is -3.12. The van der Waals surface area contributed by atoms with E-state index in [1.165, 1.54) is 0 Å². The number of carbonyl (C=O) groups excluding carboxylic acids is 1. The first-order valence-corrected chi connectivity index (χ1v) is 9.90. The summed E-state index contributed by atoms with van der Waals surface area (Å²) in [6.45, 7) is 6.58. The molecule has 1 unspecified atom stereocenters. The molecule has 6 heteroatoms. The van der Waals surface area contributed by atoms with Gasteiger partial charge in [0.25, 0.3) is 5.91 Å². The number of benzene rings is 2. The van der Waals surface area contributed by atoms with Crippen LogP contribution in [0.2, 0.25) is 0 Å². The van der Waals surface area contributed by atoms with Gasteiger partial charge in [-0.15, -0.1) is 0 Å². The number of hydrogen-bond acceptors (Lipinski definition) is 4. The van der Waals surface area contributed by atoms with Crippen LogP contribution in [0.4, 0.5) is 0 Å². The lowest BCUT2D eigenvalue weighted by Crippen LogP contribution is -2.38. The monoisotopic (exact) mass is 392 g/mol. The van der Waals surface area contributed by atoms with Crippen molar-refractivity contribution in [2.45, 2.75) is 19.9 Å². The lowest BCUT2D eigenvalue weighted by atomic mass is 10.0. The minimum atomic E-state index is -0.0813. The van der Waals surface area contributed by atoms with E-state index in [1.54, 1.807) is 19.6 Å². The van der Waals surface area contributed by atoms with Crippen LogP contribution in [0.15, 0.2) is 67.3 Å². The maximum Gasteiger partial charge on any atom is 0.251 e. The lowest BCUT2D eigenvalue weighted by Gasteiger charge is -2.30. The summed E-state index contributed by atoms with van der Waals surface area (Å²) in [4.78, 5) is 19.1. The molecule has 1 heterocycles. The van der Waals surface area contributed by atoms with Crippen molar-refractivity contribution in [1.29, 1.82) is 0 Å². The molecule has 29 heavy (non-hydrogen) atoms. The molecule has 0 spiro atoms. The number of aromatic nitrogens is 2. The zero-order chi connectivity index (χ0) is 20.6. The Labute approximate surface area is 172 Å². The van der Waals surface area contributed by atoms with E-state index in [0.717, 1.165) is 30.1 Å². The fourth-order valence-corrected chi connectivity index (χ4v) is 3.46. The van der Waals surface area contributed by atoms with E-state index >= 15 is 0 Å². The molecule has 0 aliphatic rings. The molecule has 0 saturated heterocycles. The Morgan fingerprint density at radius 2 is 1.93 bits per heavy atom. The predicted molar refractivity (Wildman–Crippen MR) is 115 cm³/mol. The van der Waals surface area contributed by atoms with Gasteiger partial charge in [-0.25, -0.2) is 4.98 Å². The highest BCUT2D eigenvalue weighted by molar-refractivity contribution is 5.94. The Morgan fingerprint density at radius 3 is 2.55 bits per heavy atom. The van der Waals surface area contributed by atoms with Gasteiger partial charge in [-0.3, -0.25) is 9.69 Å². The van der Waals surface area contributed by atoms with Gasteiger partial charge in [-0.2, -0.15) is 0 Å². The summed E-state index contributed by atoms with van der Waals surface area (Å²) in [5.41, 5.74) is 2.73. The van der Waals surface area contributed by atoms with Crippen LogP contribution in [0, 0.1) is 0 Å². The van der Waals surface area contributed by atoms with Crippen molar-refractivity contribution in [2.75, 3.05) is 26.7 Å². The van der Waals surface area contributed by atoms with E-state index in [0.29, 0.717) is 12.1 Å². The van der Waals surface area contributed by atoms with E-state index in [9.17, 15) is 4.79 Å². The third kappa shape index (κ3) is 5.03. The first-order valence-electron chi connectivity index (χ1n) is 9.90. The number of nitrogens with one attached hydrogen (secondary N) is 1. The molecule has 3 rings (SSSR count). The maximum absolute atomic E-state index is 12.7. The van der Waals surface area contributed by atoms with Gasteiger partial charge in [0.1, 0.15) is 5.75 Å². The molecule has 1 aromatic heterocycles. The largest absolute Gasteiger partial charge is 0.497 e. The van der Waals surface area contributed by atoms with Crippen LogP contribution in [0.1, 0.15) is 35.8 Å². The van der Waals surface area contributed by atoms with E-state index in [1.807, 2.05) is 53.2 Å². The zero-order valence-corrected chi connectivity index (χ0v) is 17.2. The number of nitrogens with zero attached hydrogens (tertiary/aromatic N) is 3. The Balaban J connectivity index is 1.72. The molecule has 1 N–H and O–H groups in total. The van der Waals surface area contributed by atoms with E-state index < -0.39 is 0 Å². The molecule has 0 radical (unpaired) electrons. The molecule has 152 valence electrons. The molecule has 1 amide bonds. The standard InChI is InChI=1S/C23H28N4O2/c1-4-26(5-2)22(19-7-6-8-21(15-19)29-3)16-25-23(28)18-9-11-20(12-10-18)27-14-13-24-17-27/h6-15,17,22H,4-5,16H2,1-3H3,(H,25,28). The summed E-state index contributed by atoms with van der Waals surface area (Å²) in [6, 6.07) is 15.6. The number of rotatable bonds is 9. The van der Waals surface area contributed by atoms with Crippen LogP contribution in [0.3, 0.4) is 0 Å². The van der Waals surface area contributed by atoms with Gasteiger partial charge in [0.2, 0.25) is 0 Å². The summed E-state index contributed by atoms with van der Waals surface area (Å²) in [5, 5.41) is 3.10. The minimum absolute atomic E-state index is 0.0780. The normalized spacial score (nSPS) is 12.0. The number of amides is 1. The molecule has 0 aliphatic heterocycles. The summed E-state index contributed by atoms with van der Waals surface area (Å²) in [6.07, 6.45) is 5.34. The summed E-state index contributed by atoms with van der Waals surface area (Å²) < 4.78 is 7.28. The van der Waals surface area contributed by atoms with E-state index in [4.69, 9.17) is 4.74 Å². The van der Waals surface area contributed by atoms with Gasteiger partial charge in [0, 0.05) is 30.2 Å². The first-order chi connectivity index (χ1) is 14.2. The van der Waals surface area contributed by atoms with Crippen LogP contribution in [0.25, 0.3) is 5.69 Å². The molecule has 0 saturated carbocycles. The van der Waals surface area contributed by atoms with Crippen molar-refractivity contribution in [3.8, 4) is 11.4 Å². The lowest BCUT2D eigenvalue weighted by molar-refractivity contribution is 0.0935. The number of imidazole rings is 1. The second-order valence-corrected chi connectivity index (χ2v) is 6.74. The Kier molecular flexibility index (Phi) is 7.03. The van der Waals surface area contributed by atoms with E-state index in [2.05, 4.69) is 35.1 Å². The predicted octanol–water partition coefficient (Wildman–Crippen LogP) is 3.69. The molecule has 1 atom stereocenters. The summed E-state index contributed by atoms with van der Waals surface area (Å²) in [7, 11) is 1.67. The fourth-order valence-electron chi connectivity index (χ4n) is 3.46. The quantitative estimate of drug-likeness (QED) is 0.603. The molecule has 3 aromatic rings. The average Bonchev–Trinajstić information content (AvgIpc) is 3.31. The van der Waals surface area contributed by atoms with Crippen molar-refractivity contribution >= 4 is 5.91 Å². The third-order valence-electron chi connectivity index (χ3n) is 5.12. The minimum Gasteiger partial charge on any atom is -0.497 e. The Morgan fingerprint density at radius 1 is 1.17 bits per heavy atom. The zero-order valence-electron chi connectivity index (χ0n) is 17.2. The fraction of sp³-hybridized carbons (Fsp3) is 0.304. The van der Waals surface area contributed by atoms with Crippen LogP contribution < -0.4 is 10.1 Å². The molecule has 2 aromatic carbocycles. The van der Waals surface area contributed by atoms with Gasteiger partial charge in [-0.1, -0.05) is 26.0 Å². The second-order valence-electron chi connectivity index (χ2n) is 6.74. The van der Waals surface area contributed by atoms with Gasteiger partial charge in [-0.05, 0) is 55.1 Å². The SMILES string of the molecule is CCN(CC)C(CNC(=O)c1ccc(-n2ccnc2)cc1)c1cccc(OC)c1. The highest BCUT2D eigenvalue weighted by Gasteiger charge is 2.20. The smallest absolute Gasteiger partial charge is 0.251 e. The molecule has 0 aliphatic carbocycles. The number of hydrogen-bond donors (Lipinski definition) is 1. The molecule has 0 bridgehead atoms. The number of methoxy groups -OCH3 is 1. The average molecular weight is 393 g/mol. The highest BCUT2D eigenvalue weighted by Crippen LogP contribution is 2.24. The number of likely N-dealkylation sites (N-methyl/N-ethyl adjacent to an activating group) is 1. The number of ether oxygens (including phenoxy) is 1. The van der Waals surface area contributed by atoms with Crippen molar-refractivity contribution in [3.05, 3.63) is 78.4 Å². The summed E-state index contributed by atoms with van der Waals surface area (Å²) >= 11 is 0. The van der Waals surface area contributed by atoms with Gasteiger partial charge in [0.15, 0.2) is 0 Å². The van der Waals surface area contributed by atoms with Crippen LogP contribution in [0.5, 0.6) is 5.75 Å². The topological polar surface area (TPSA) is 59.4 Å². The van der Waals surface area contributed by atoms with Crippen molar-refractivity contribution in [1.82, 2.24) is 19.8 Å². The molecule has 6 nitrogen and oxygen atoms in total. The molecular formula is C23H28N4O2. The molecular weight excluding hydrogens is 364 g/mol. The second kappa shape index (κ2) is 9.89. The highest BCUT2D eigenvalue weighted by atomic mass is 16.5. The van der Waals surface area contributed by atoms with Gasteiger partial charge < -0.3 is 14.6 Å². The van der Waals surface area contributed by atoms with Crippen LogP contribution in [-0.2, 0) is 0 Å². The van der Waals surface area contributed by atoms with E-state index in [-0.39, 0.29) is 11.9 Å². The molecule has 0 fully saturated rings. The maximum atomic E-state index is 12.7. The van der Waals surface area contributed by atoms with Gasteiger partial charge >= 0.3 is 0 Å². The first kappa shape index (κ1) is 20.6. The number of carbonyl (C=O) groups is 1. The van der Waals surface area contributed by atoms with Crippen molar-refractivity contribution < 1.29 is 9.53 Å². The van der Waals surface area contributed by atoms with Gasteiger partial charge in [0.05, 0.1) is 19.5 Å². The Bertz CT molecular complexity index is 903. The van der Waals surface area contributed by atoms with Crippen molar-refractivity contribution in [3.63, 3.8) is 0 Å².